The summed E-state index contributed by atoms with van der Waals surface area (Å²) in [6.07, 6.45) is 1.54. The first-order chi connectivity index (χ1) is 9.08. The van der Waals surface area contributed by atoms with Crippen molar-refractivity contribution in [1.29, 1.82) is 0 Å². The Bertz CT molecular complexity index is 737. The number of hydrogen-bond donors (Lipinski definition) is 2. The van der Waals surface area contributed by atoms with E-state index in [1.807, 2.05) is 31.2 Å². The highest BCUT2D eigenvalue weighted by Crippen LogP contribution is 2.47. The summed E-state index contributed by atoms with van der Waals surface area (Å²) in [4.78, 5) is 28.6. The lowest BCUT2D eigenvalue weighted by Crippen LogP contribution is -2.37. The molecule has 2 N–H and O–H groups in total. The van der Waals surface area contributed by atoms with Gasteiger partial charge in [-0.25, -0.2) is 0 Å². The van der Waals surface area contributed by atoms with Crippen LogP contribution in [0.5, 0.6) is 5.75 Å². The van der Waals surface area contributed by atoms with Crippen LogP contribution in [0.3, 0.4) is 0 Å². The Hall–Kier alpha value is -1.95. The van der Waals surface area contributed by atoms with E-state index < -0.39 is 15.9 Å². The van der Waals surface area contributed by atoms with E-state index in [1.54, 1.807) is 11.8 Å². The van der Waals surface area contributed by atoms with Crippen molar-refractivity contribution in [2.75, 3.05) is 6.61 Å². The molecule has 1 aromatic carbocycles. The first-order valence-corrected chi connectivity index (χ1v) is 6.63. The Balaban J connectivity index is 2.03. The quantitative estimate of drug-likeness (QED) is 0.773. The fourth-order valence-electron chi connectivity index (χ4n) is 1.98. The predicted molar refractivity (Wildman–Crippen MR) is 72.8 cm³/mol. The van der Waals surface area contributed by atoms with E-state index in [1.165, 1.54) is 6.20 Å². The van der Waals surface area contributed by atoms with Crippen LogP contribution in [0.15, 0.2) is 44.9 Å². The molecule has 1 aliphatic rings. The second-order valence-electron chi connectivity index (χ2n) is 4.55. The fraction of sp³-hybridized carbons (Fsp3) is 0.231. The molecular weight excluding hydrogens is 264 g/mol. The average Bonchev–Trinajstić information content (AvgIpc) is 2.41. The van der Waals surface area contributed by atoms with Crippen LogP contribution < -0.4 is 15.9 Å². The third kappa shape index (κ3) is 2.08. The minimum atomic E-state index is -0.644. The molecule has 98 valence electrons. The summed E-state index contributed by atoms with van der Waals surface area (Å²) in [6, 6.07) is 7.75. The molecule has 1 aliphatic heterocycles. The summed E-state index contributed by atoms with van der Waals surface area (Å²) >= 11 is 1.61. The molecule has 5 nitrogen and oxygen atoms in total. The molecule has 2 heterocycles. The summed E-state index contributed by atoms with van der Waals surface area (Å²) in [5.41, 5.74) is -0.635. The molecule has 3 rings (SSSR count). The van der Waals surface area contributed by atoms with Crippen molar-refractivity contribution in [3.8, 4) is 5.75 Å². The number of aromatic amines is 2. The lowest BCUT2D eigenvalue weighted by atomic mass is 10.1. The van der Waals surface area contributed by atoms with E-state index in [0.717, 1.165) is 10.6 Å². The Kier molecular flexibility index (Phi) is 2.74. The minimum Gasteiger partial charge on any atom is -0.491 e. The van der Waals surface area contributed by atoms with Crippen molar-refractivity contribution in [2.45, 2.75) is 16.6 Å². The molecule has 0 fully saturated rings. The number of thioether (sulfide) groups is 1. The van der Waals surface area contributed by atoms with Crippen LogP contribution in [0, 0.1) is 0 Å². The van der Waals surface area contributed by atoms with Gasteiger partial charge in [-0.2, -0.15) is 0 Å². The normalized spacial score (nSPS) is 21.5. The average molecular weight is 276 g/mol. The van der Waals surface area contributed by atoms with Gasteiger partial charge in [0, 0.05) is 6.20 Å². The van der Waals surface area contributed by atoms with Crippen molar-refractivity contribution < 1.29 is 4.74 Å². The maximum absolute atomic E-state index is 11.4. The van der Waals surface area contributed by atoms with Crippen LogP contribution in [-0.4, -0.2) is 16.6 Å². The molecule has 0 spiro atoms. The number of rotatable bonds is 1. The van der Waals surface area contributed by atoms with Gasteiger partial charge in [0.1, 0.15) is 12.4 Å². The summed E-state index contributed by atoms with van der Waals surface area (Å²) in [5, 5.41) is 0. The number of fused-ring (bicyclic) bond motifs is 1. The zero-order chi connectivity index (χ0) is 13.5. The Morgan fingerprint density at radius 1 is 1.26 bits per heavy atom. The van der Waals surface area contributed by atoms with Crippen LogP contribution in [0.1, 0.15) is 12.6 Å². The summed E-state index contributed by atoms with van der Waals surface area (Å²) in [6.45, 7) is 2.40. The van der Waals surface area contributed by atoms with Crippen LogP contribution in [0.4, 0.5) is 0 Å². The zero-order valence-corrected chi connectivity index (χ0v) is 11.0. The standard InChI is InChI=1S/C13H12N2O3S/c1-13(10-6-14-11(16)12(17)15-10)7-18-8-4-2-3-5-9(8)19-13/h2-6H,7H2,1H3,(H,14,16)(H,15,17). The number of aromatic nitrogens is 2. The lowest BCUT2D eigenvalue weighted by Gasteiger charge is -2.33. The third-order valence-electron chi connectivity index (χ3n) is 3.06. The fourth-order valence-corrected chi connectivity index (χ4v) is 3.17. The second kappa shape index (κ2) is 4.31. The first kappa shape index (κ1) is 12.1. The van der Waals surface area contributed by atoms with Crippen molar-refractivity contribution in [3.05, 3.63) is 56.9 Å². The van der Waals surface area contributed by atoms with Crippen LogP contribution in [0.2, 0.25) is 0 Å². The molecule has 1 aromatic heterocycles. The van der Waals surface area contributed by atoms with Crippen molar-refractivity contribution in [2.24, 2.45) is 0 Å². The van der Waals surface area contributed by atoms with Gasteiger partial charge in [0.05, 0.1) is 15.3 Å². The number of para-hydroxylation sites is 1. The number of hydrogen-bond acceptors (Lipinski definition) is 4. The van der Waals surface area contributed by atoms with E-state index in [-0.39, 0.29) is 0 Å². The number of nitrogens with one attached hydrogen (secondary N) is 2. The molecule has 1 unspecified atom stereocenters. The van der Waals surface area contributed by atoms with Gasteiger partial charge < -0.3 is 14.7 Å². The van der Waals surface area contributed by atoms with Gasteiger partial charge in [-0.15, -0.1) is 11.8 Å². The van der Waals surface area contributed by atoms with Gasteiger partial charge in [0.2, 0.25) is 0 Å². The molecule has 0 amide bonds. The van der Waals surface area contributed by atoms with E-state index in [9.17, 15) is 9.59 Å². The molecule has 0 saturated carbocycles. The molecule has 19 heavy (non-hydrogen) atoms. The molecule has 0 saturated heterocycles. The largest absolute Gasteiger partial charge is 0.491 e. The highest BCUT2D eigenvalue weighted by atomic mass is 32.2. The zero-order valence-electron chi connectivity index (χ0n) is 10.2. The molecule has 1 atom stereocenters. The van der Waals surface area contributed by atoms with Gasteiger partial charge in [0.25, 0.3) is 0 Å². The molecular formula is C13H12N2O3S. The molecule has 0 radical (unpaired) electrons. The molecule has 0 bridgehead atoms. The summed E-state index contributed by atoms with van der Waals surface area (Å²) in [7, 11) is 0. The number of benzene rings is 1. The number of ether oxygens (including phenoxy) is 1. The lowest BCUT2D eigenvalue weighted by molar-refractivity contribution is 0.263. The summed E-state index contributed by atoms with van der Waals surface area (Å²) in [5.74, 6) is 0.844. The molecule has 0 aliphatic carbocycles. The highest BCUT2D eigenvalue weighted by molar-refractivity contribution is 8.00. The monoisotopic (exact) mass is 276 g/mol. The van der Waals surface area contributed by atoms with Gasteiger partial charge in [0.15, 0.2) is 0 Å². The topological polar surface area (TPSA) is 75.0 Å². The molecule has 2 aromatic rings. The Morgan fingerprint density at radius 3 is 2.84 bits per heavy atom. The van der Waals surface area contributed by atoms with Gasteiger partial charge >= 0.3 is 11.1 Å². The second-order valence-corrected chi connectivity index (χ2v) is 6.10. The van der Waals surface area contributed by atoms with Crippen molar-refractivity contribution in [3.63, 3.8) is 0 Å². The molecule has 6 heteroatoms. The van der Waals surface area contributed by atoms with Gasteiger partial charge in [-0.05, 0) is 19.1 Å². The summed E-state index contributed by atoms with van der Waals surface area (Å²) < 4.78 is 5.30. The minimum absolute atomic E-state index is 0.427. The van der Waals surface area contributed by atoms with E-state index in [2.05, 4.69) is 9.97 Å². The first-order valence-electron chi connectivity index (χ1n) is 5.82. The van der Waals surface area contributed by atoms with E-state index in [4.69, 9.17) is 4.74 Å². The van der Waals surface area contributed by atoms with E-state index in [0.29, 0.717) is 12.3 Å². The maximum Gasteiger partial charge on any atom is 0.313 e. The van der Waals surface area contributed by atoms with Gasteiger partial charge in [-0.1, -0.05) is 12.1 Å². The maximum atomic E-state index is 11.4. The van der Waals surface area contributed by atoms with Crippen LogP contribution in [-0.2, 0) is 4.75 Å². The SMILES string of the molecule is CC1(c2c[nH]c(=O)c(=O)[nH]2)COc2ccccc2S1. The van der Waals surface area contributed by atoms with Crippen molar-refractivity contribution >= 4 is 11.8 Å². The van der Waals surface area contributed by atoms with Crippen molar-refractivity contribution in [1.82, 2.24) is 9.97 Å². The van der Waals surface area contributed by atoms with Crippen LogP contribution >= 0.6 is 11.8 Å². The smallest absolute Gasteiger partial charge is 0.313 e. The Labute approximate surface area is 113 Å². The van der Waals surface area contributed by atoms with E-state index >= 15 is 0 Å². The highest BCUT2D eigenvalue weighted by Gasteiger charge is 2.35. The third-order valence-corrected chi connectivity index (χ3v) is 4.40. The van der Waals surface area contributed by atoms with Gasteiger partial charge in [-0.3, -0.25) is 9.59 Å². The predicted octanol–water partition coefficient (Wildman–Crippen LogP) is 1.46. The Morgan fingerprint density at radius 2 is 2.05 bits per heavy atom. The van der Waals surface area contributed by atoms with Crippen LogP contribution in [0.25, 0.3) is 0 Å². The number of H-pyrrole nitrogens is 2.